The van der Waals surface area contributed by atoms with Gasteiger partial charge in [-0.2, -0.15) is 11.8 Å². The summed E-state index contributed by atoms with van der Waals surface area (Å²) in [7, 11) is 0. The van der Waals surface area contributed by atoms with Crippen molar-refractivity contribution >= 4 is 11.8 Å². The van der Waals surface area contributed by atoms with E-state index in [1.54, 1.807) is 0 Å². The first-order chi connectivity index (χ1) is 10.3. The average Bonchev–Trinajstić information content (AvgIpc) is 3.14. The van der Waals surface area contributed by atoms with Gasteiger partial charge in [-0.1, -0.05) is 0 Å². The smallest absolute Gasteiger partial charge is 0.0827 e. The normalized spacial score (nSPS) is 44.3. The van der Waals surface area contributed by atoms with E-state index in [4.69, 9.17) is 9.47 Å². The quantitative estimate of drug-likeness (QED) is 0.854. The number of fused-ring (bicyclic) bond motifs is 1. The number of morpholine rings is 1. The molecule has 4 nitrogen and oxygen atoms in total. The molecule has 0 bridgehead atoms. The zero-order valence-corrected chi connectivity index (χ0v) is 13.7. The molecule has 0 aromatic carbocycles. The Morgan fingerprint density at radius 3 is 3.24 bits per heavy atom. The highest BCUT2D eigenvalue weighted by Crippen LogP contribution is 2.38. The van der Waals surface area contributed by atoms with Crippen molar-refractivity contribution in [3.05, 3.63) is 0 Å². The molecule has 4 saturated heterocycles. The monoisotopic (exact) mass is 312 g/mol. The highest BCUT2D eigenvalue weighted by Gasteiger charge is 2.40. The van der Waals surface area contributed by atoms with E-state index in [0.29, 0.717) is 18.2 Å². The zero-order chi connectivity index (χ0) is 14.1. The molecule has 1 N–H and O–H groups in total. The van der Waals surface area contributed by atoms with Gasteiger partial charge in [0.2, 0.25) is 0 Å². The predicted octanol–water partition coefficient (Wildman–Crippen LogP) is 1.49. The van der Waals surface area contributed by atoms with Crippen LogP contribution in [0, 0.1) is 0 Å². The summed E-state index contributed by atoms with van der Waals surface area (Å²) in [6.07, 6.45) is 6.67. The van der Waals surface area contributed by atoms with E-state index in [-0.39, 0.29) is 5.60 Å². The Hall–Kier alpha value is 0.190. The maximum Gasteiger partial charge on any atom is 0.0827 e. The first-order valence-corrected chi connectivity index (χ1v) is 9.79. The van der Waals surface area contributed by atoms with Crippen molar-refractivity contribution in [2.45, 2.75) is 55.9 Å². The zero-order valence-electron chi connectivity index (χ0n) is 12.9. The summed E-state index contributed by atoms with van der Waals surface area (Å²) >= 11 is 2.05. The van der Waals surface area contributed by atoms with Gasteiger partial charge >= 0.3 is 0 Å². The van der Waals surface area contributed by atoms with Crippen molar-refractivity contribution in [1.82, 2.24) is 10.2 Å². The van der Waals surface area contributed by atoms with Crippen LogP contribution >= 0.6 is 11.8 Å². The molecule has 0 amide bonds. The van der Waals surface area contributed by atoms with Crippen molar-refractivity contribution < 1.29 is 9.47 Å². The molecule has 1 spiro atoms. The summed E-state index contributed by atoms with van der Waals surface area (Å²) in [4.78, 5) is 2.63. The molecule has 4 unspecified atom stereocenters. The number of ether oxygens (including phenoxy) is 2. The number of nitrogens with one attached hydrogen (secondary N) is 1. The summed E-state index contributed by atoms with van der Waals surface area (Å²) in [5, 5.41) is 3.78. The molecular weight excluding hydrogens is 284 g/mol. The third-order valence-electron chi connectivity index (χ3n) is 5.66. The Labute approximate surface area is 132 Å². The van der Waals surface area contributed by atoms with E-state index in [9.17, 15) is 0 Å². The Bertz CT molecular complexity index is 362. The van der Waals surface area contributed by atoms with E-state index in [0.717, 1.165) is 32.7 Å². The summed E-state index contributed by atoms with van der Waals surface area (Å²) in [6, 6.07) is 1.33. The van der Waals surface area contributed by atoms with Gasteiger partial charge < -0.3 is 14.8 Å². The number of hydrogen-bond acceptors (Lipinski definition) is 5. The van der Waals surface area contributed by atoms with Crippen molar-refractivity contribution in [1.29, 1.82) is 0 Å². The van der Waals surface area contributed by atoms with E-state index in [1.165, 1.54) is 43.7 Å². The van der Waals surface area contributed by atoms with Crippen LogP contribution in [0.1, 0.15) is 32.1 Å². The maximum absolute atomic E-state index is 6.10. The summed E-state index contributed by atoms with van der Waals surface area (Å²) < 4.78 is 12.2. The molecule has 4 heterocycles. The molecule has 5 heteroatoms. The lowest BCUT2D eigenvalue weighted by molar-refractivity contribution is -0.0766. The van der Waals surface area contributed by atoms with Gasteiger partial charge in [0.1, 0.15) is 0 Å². The van der Waals surface area contributed by atoms with Crippen LogP contribution in [0.3, 0.4) is 0 Å². The van der Waals surface area contributed by atoms with Crippen LogP contribution < -0.4 is 5.32 Å². The number of thioether (sulfide) groups is 1. The lowest BCUT2D eigenvalue weighted by atomic mass is 9.90. The topological polar surface area (TPSA) is 33.7 Å². The predicted molar refractivity (Wildman–Crippen MR) is 86.0 cm³/mol. The summed E-state index contributed by atoms with van der Waals surface area (Å²) in [6.45, 7) is 5.29. The van der Waals surface area contributed by atoms with Crippen LogP contribution in [-0.2, 0) is 9.47 Å². The van der Waals surface area contributed by atoms with Crippen molar-refractivity contribution in [2.24, 2.45) is 0 Å². The fraction of sp³-hybridized carbons (Fsp3) is 1.00. The second-order valence-corrected chi connectivity index (χ2v) is 8.28. The van der Waals surface area contributed by atoms with E-state index in [1.807, 2.05) is 0 Å². The minimum absolute atomic E-state index is 0.189. The van der Waals surface area contributed by atoms with Crippen LogP contribution in [0.15, 0.2) is 0 Å². The summed E-state index contributed by atoms with van der Waals surface area (Å²) in [5.74, 6) is 2.47. The van der Waals surface area contributed by atoms with Gasteiger partial charge in [-0.3, -0.25) is 4.90 Å². The van der Waals surface area contributed by atoms with Crippen LogP contribution in [0.4, 0.5) is 0 Å². The van der Waals surface area contributed by atoms with E-state index >= 15 is 0 Å². The molecule has 21 heavy (non-hydrogen) atoms. The fourth-order valence-electron chi connectivity index (χ4n) is 4.37. The highest BCUT2D eigenvalue weighted by atomic mass is 32.2. The van der Waals surface area contributed by atoms with Crippen molar-refractivity contribution in [2.75, 3.05) is 44.4 Å². The molecule has 4 atom stereocenters. The van der Waals surface area contributed by atoms with Crippen molar-refractivity contribution in [3.8, 4) is 0 Å². The molecule has 0 aliphatic carbocycles. The van der Waals surface area contributed by atoms with Gasteiger partial charge in [-0.25, -0.2) is 0 Å². The Balaban J connectivity index is 1.25. The molecule has 4 aliphatic rings. The minimum Gasteiger partial charge on any atom is -0.374 e. The second kappa shape index (κ2) is 6.36. The summed E-state index contributed by atoms with van der Waals surface area (Å²) in [5.41, 5.74) is 0.189. The van der Waals surface area contributed by atoms with Gasteiger partial charge in [0.25, 0.3) is 0 Å². The number of nitrogens with zero attached hydrogens (tertiary/aromatic N) is 1. The molecule has 4 rings (SSSR count). The van der Waals surface area contributed by atoms with E-state index < -0.39 is 0 Å². The second-order valence-electron chi connectivity index (χ2n) is 7.18. The Kier molecular flexibility index (Phi) is 4.47. The Morgan fingerprint density at radius 2 is 2.33 bits per heavy atom. The molecule has 4 fully saturated rings. The molecule has 0 aromatic rings. The lowest BCUT2D eigenvalue weighted by Gasteiger charge is -2.40. The van der Waals surface area contributed by atoms with Crippen molar-refractivity contribution in [3.63, 3.8) is 0 Å². The fourth-order valence-corrected chi connectivity index (χ4v) is 5.75. The van der Waals surface area contributed by atoms with Crippen LogP contribution in [0.5, 0.6) is 0 Å². The van der Waals surface area contributed by atoms with Crippen LogP contribution in [0.2, 0.25) is 0 Å². The largest absolute Gasteiger partial charge is 0.374 e. The molecule has 0 aromatic heterocycles. The first-order valence-electron chi connectivity index (χ1n) is 8.64. The molecule has 0 saturated carbocycles. The molecule has 4 aliphatic heterocycles. The lowest BCUT2D eigenvalue weighted by Crippen LogP contribution is -2.53. The maximum atomic E-state index is 6.10. The van der Waals surface area contributed by atoms with Crippen LogP contribution in [-0.4, -0.2) is 73.0 Å². The highest BCUT2D eigenvalue weighted by molar-refractivity contribution is 7.99. The molecule has 120 valence electrons. The van der Waals surface area contributed by atoms with E-state index in [2.05, 4.69) is 22.0 Å². The number of rotatable bonds is 3. The number of hydrogen-bond donors (Lipinski definition) is 1. The van der Waals surface area contributed by atoms with Crippen LogP contribution in [0.25, 0.3) is 0 Å². The molecular formula is C16H28N2O2S. The van der Waals surface area contributed by atoms with Gasteiger partial charge in [0.05, 0.1) is 18.3 Å². The third kappa shape index (κ3) is 3.27. The van der Waals surface area contributed by atoms with Gasteiger partial charge in [0, 0.05) is 37.5 Å². The van der Waals surface area contributed by atoms with Gasteiger partial charge in [0.15, 0.2) is 0 Å². The van der Waals surface area contributed by atoms with Gasteiger partial charge in [-0.15, -0.1) is 0 Å². The van der Waals surface area contributed by atoms with Gasteiger partial charge in [-0.05, 0) is 44.4 Å². The first kappa shape index (κ1) is 14.8. The Morgan fingerprint density at radius 1 is 1.33 bits per heavy atom. The standard InChI is InChI=1S/C16H28N2O2S/c1-2-14-11-19-15(10-18(14)5-1)9-17-13-3-6-20-16(8-13)4-7-21-12-16/h13-15,17H,1-12H2. The minimum atomic E-state index is 0.189. The third-order valence-corrected chi connectivity index (χ3v) is 6.88. The molecule has 0 radical (unpaired) electrons. The SMILES string of the molecule is C1CC2COC(CNC3CCOC4(CCSC4)C3)CN2C1. The average molecular weight is 312 g/mol.